The summed E-state index contributed by atoms with van der Waals surface area (Å²) < 4.78 is 4.89. The van der Waals surface area contributed by atoms with Gasteiger partial charge in [-0.2, -0.15) is 0 Å². The minimum Gasteiger partial charge on any atom is -0.459 e. The Hall–Kier alpha value is -3.68. The molecule has 0 radical (unpaired) electrons. The molecule has 8 nitrogen and oxygen atoms in total. The van der Waals surface area contributed by atoms with E-state index < -0.39 is 23.7 Å². The lowest BCUT2D eigenvalue weighted by molar-refractivity contribution is -0.162. The van der Waals surface area contributed by atoms with E-state index in [2.05, 4.69) is 71.9 Å². The van der Waals surface area contributed by atoms with Crippen molar-refractivity contribution in [2.24, 2.45) is 17.6 Å². The van der Waals surface area contributed by atoms with E-state index in [-0.39, 0.29) is 18.7 Å². The quantitative estimate of drug-likeness (QED) is 0.396. The number of hydrogen-bond donors (Lipinski definition) is 1. The fourth-order valence-corrected chi connectivity index (χ4v) is 5.84. The van der Waals surface area contributed by atoms with Crippen LogP contribution in [0.5, 0.6) is 0 Å². The Bertz CT molecular complexity index is 1310. The first kappa shape index (κ1) is 32.8. The zero-order valence-corrected chi connectivity index (χ0v) is 26.2. The Balaban J connectivity index is 0.000000231. The fourth-order valence-electron chi connectivity index (χ4n) is 5.84. The van der Waals surface area contributed by atoms with Crippen molar-refractivity contribution in [1.29, 1.82) is 0 Å². The van der Waals surface area contributed by atoms with Gasteiger partial charge in [-0.1, -0.05) is 50.2 Å². The highest BCUT2D eigenvalue weighted by Gasteiger charge is 2.35. The summed E-state index contributed by atoms with van der Waals surface area (Å²) in [6, 6.07) is 12.4. The molecule has 0 spiro atoms. The van der Waals surface area contributed by atoms with Gasteiger partial charge in [0.25, 0.3) is 0 Å². The van der Waals surface area contributed by atoms with Crippen LogP contribution < -0.4 is 5.73 Å². The summed E-state index contributed by atoms with van der Waals surface area (Å²) >= 11 is 0. The molecule has 2 aliphatic rings. The van der Waals surface area contributed by atoms with Crippen LogP contribution in [0.25, 0.3) is 0 Å². The molecule has 0 aromatic heterocycles. The van der Waals surface area contributed by atoms with Crippen molar-refractivity contribution in [3.63, 3.8) is 0 Å². The van der Waals surface area contributed by atoms with Crippen LogP contribution in [0.4, 0.5) is 0 Å². The van der Waals surface area contributed by atoms with Crippen LogP contribution in [0, 0.1) is 39.5 Å². The third kappa shape index (κ3) is 7.99. The number of nitrogens with zero attached hydrogens (tertiary/aromatic N) is 2. The van der Waals surface area contributed by atoms with Crippen LogP contribution in [-0.4, -0.2) is 53.2 Å². The van der Waals surface area contributed by atoms with Gasteiger partial charge in [0.05, 0.1) is 18.7 Å². The van der Waals surface area contributed by atoms with Gasteiger partial charge >= 0.3 is 23.7 Å². The first-order valence-corrected chi connectivity index (χ1v) is 15.1. The summed E-state index contributed by atoms with van der Waals surface area (Å²) in [5.41, 5.74) is 12.2. The van der Waals surface area contributed by atoms with Crippen molar-refractivity contribution in [1.82, 2.24) is 9.80 Å². The van der Waals surface area contributed by atoms with Crippen molar-refractivity contribution in [2.75, 3.05) is 19.7 Å². The van der Waals surface area contributed by atoms with E-state index in [9.17, 15) is 19.2 Å². The largest absolute Gasteiger partial charge is 0.459 e. The summed E-state index contributed by atoms with van der Waals surface area (Å²) in [4.78, 5) is 50.8. The molecule has 0 aliphatic carbocycles. The van der Waals surface area contributed by atoms with Gasteiger partial charge in [0, 0.05) is 13.1 Å². The van der Waals surface area contributed by atoms with Crippen molar-refractivity contribution >= 4 is 23.7 Å². The van der Waals surface area contributed by atoms with Crippen LogP contribution in [0.1, 0.15) is 91.9 Å². The molecule has 42 heavy (non-hydrogen) atoms. The van der Waals surface area contributed by atoms with Crippen LogP contribution in [-0.2, 0) is 23.9 Å². The fraction of sp³-hybridized carbons (Fsp3) is 0.529. The molecule has 4 rings (SSSR count). The van der Waals surface area contributed by atoms with Crippen LogP contribution in [0.3, 0.4) is 0 Å². The lowest BCUT2D eigenvalue weighted by Crippen LogP contribution is -2.46. The molecule has 2 aromatic rings. The molecule has 2 heterocycles. The van der Waals surface area contributed by atoms with Crippen LogP contribution in [0.15, 0.2) is 36.4 Å². The molecule has 2 fully saturated rings. The summed E-state index contributed by atoms with van der Waals surface area (Å²) in [7, 11) is 0. The summed E-state index contributed by atoms with van der Waals surface area (Å²) in [5, 5.41) is 0. The zero-order valence-electron chi connectivity index (χ0n) is 26.2. The number of benzene rings is 2. The molecule has 4 atom stereocenters. The third-order valence-electron chi connectivity index (χ3n) is 8.65. The van der Waals surface area contributed by atoms with Gasteiger partial charge in [0.2, 0.25) is 0 Å². The molecule has 4 unspecified atom stereocenters. The normalized spacial score (nSPS) is 22.1. The average Bonchev–Trinajstić information content (AvgIpc) is 2.95. The SMILES string of the molecule is CCOC(=O)C(=O)N1CC(C)CCC1c1ccc(C)c(C)c1.Cc1ccc(C2CCC(C)CN2C(=O)C(N)=O)cc1C. The van der Waals surface area contributed by atoms with E-state index in [1.54, 1.807) is 16.7 Å². The van der Waals surface area contributed by atoms with E-state index >= 15 is 0 Å². The number of nitrogens with two attached hydrogens (primary N) is 1. The highest BCUT2D eigenvalue weighted by atomic mass is 16.5. The molecule has 3 amide bonds. The number of ether oxygens (including phenoxy) is 1. The second-order valence-electron chi connectivity index (χ2n) is 12.1. The Kier molecular flexibility index (Phi) is 11.3. The van der Waals surface area contributed by atoms with E-state index in [1.165, 1.54) is 22.3 Å². The molecular weight excluding hydrogens is 530 g/mol. The lowest BCUT2D eigenvalue weighted by atomic mass is 9.88. The number of amides is 3. The second kappa shape index (κ2) is 14.5. The Morgan fingerprint density at radius 3 is 1.52 bits per heavy atom. The van der Waals surface area contributed by atoms with Crippen molar-refractivity contribution < 1.29 is 23.9 Å². The molecule has 228 valence electrons. The minimum absolute atomic E-state index is 0.0348. The Morgan fingerprint density at radius 1 is 0.714 bits per heavy atom. The van der Waals surface area contributed by atoms with Gasteiger partial charge in [-0.05, 0) is 106 Å². The summed E-state index contributed by atoms with van der Waals surface area (Å²) in [6.45, 7) is 15.6. The zero-order chi connectivity index (χ0) is 31.1. The number of piperidine rings is 2. The minimum atomic E-state index is -0.868. The molecule has 2 aliphatic heterocycles. The number of primary amides is 1. The number of esters is 1. The number of likely N-dealkylation sites (tertiary alicyclic amines) is 2. The highest BCUT2D eigenvalue weighted by Crippen LogP contribution is 2.35. The van der Waals surface area contributed by atoms with E-state index in [0.717, 1.165) is 36.8 Å². The van der Waals surface area contributed by atoms with E-state index in [4.69, 9.17) is 10.5 Å². The van der Waals surface area contributed by atoms with E-state index in [1.807, 2.05) is 6.07 Å². The summed E-state index contributed by atoms with van der Waals surface area (Å²) in [6.07, 6.45) is 3.88. The molecular formula is C34H47N3O5. The second-order valence-corrected chi connectivity index (χ2v) is 12.1. The van der Waals surface area contributed by atoms with Gasteiger partial charge in [0.1, 0.15) is 0 Å². The molecule has 2 N–H and O–H groups in total. The molecule has 0 saturated carbocycles. The van der Waals surface area contributed by atoms with Crippen molar-refractivity contribution in [3.8, 4) is 0 Å². The lowest BCUT2D eigenvalue weighted by Gasteiger charge is -2.38. The van der Waals surface area contributed by atoms with Gasteiger partial charge in [-0.25, -0.2) is 4.79 Å². The Morgan fingerprint density at radius 2 is 1.14 bits per heavy atom. The maximum Gasteiger partial charge on any atom is 0.397 e. The van der Waals surface area contributed by atoms with Gasteiger partial charge < -0.3 is 20.3 Å². The third-order valence-corrected chi connectivity index (χ3v) is 8.65. The number of aryl methyl sites for hydroxylation is 4. The van der Waals surface area contributed by atoms with Crippen LogP contribution >= 0.6 is 0 Å². The smallest absolute Gasteiger partial charge is 0.397 e. The average molecular weight is 578 g/mol. The molecule has 0 bridgehead atoms. The predicted molar refractivity (Wildman–Crippen MR) is 163 cm³/mol. The maximum absolute atomic E-state index is 12.4. The number of carbonyl (C=O) groups excluding carboxylic acids is 4. The van der Waals surface area contributed by atoms with Gasteiger partial charge in [-0.3, -0.25) is 14.4 Å². The maximum atomic E-state index is 12.4. The molecule has 8 heteroatoms. The number of rotatable bonds is 3. The standard InChI is InChI=1S/C18H25NO3.C16H22N2O2/c1-5-22-18(21)17(20)19-11-12(2)6-9-16(19)15-8-7-13(3)14(4)10-15;1-10-4-7-14(18(9-10)16(20)15(17)19)13-6-5-11(2)12(3)8-13/h7-8,10,12,16H,5-6,9,11H2,1-4H3;5-6,8,10,14H,4,7,9H2,1-3H3,(H2,17,19). The first-order valence-electron chi connectivity index (χ1n) is 15.1. The Labute approximate surface area is 250 Å². The van der Waals surface area contributed by atoms with Crippen molar-refractivity contribution in [2.45, 2.75) is 86.2 Å². The number of hydrogen-bond acceptors (Lipinski definition) is 5. The molecule has 2 aromatic carbocycles. The van der Waals surface area contributed by atoms with Crippen molar-refractivity contribution in [3.05, 3.63) is 69.8 Å². The first-order chi connectivity index (χ1) is 19.8. The van der Waals surface area contributed by atoms with Crippen LogP contribution in [0.2, 0.25) is 0 Å². The topological polar surface area (TPSA) is 110 Å². The summed E-state index contributed by atoms with van der Waals surface area (Å²) in [5.74, 6) is -1.89. The van der Waals surface area contributed by atoms with E-state index in [0.29, 0.717) is 24.9 Å². The van der Waals surface area contributed by atoms with Gasteiger partial charge in [0.15, 0.2) is 0 Å². The highest BCUT2D eigenvalue weighted by molar-refractivity contribution is 6.34. The predicted octanol–water partition coefficient (Wildman–Crippen LogP) is 5.25. The monoisotopic (exact) mass is 577 g/mol. The molecule has 2 saturated heterocycles. The van der Waals surface area contributed by atoms with Gasteiger partial charge in [-0.15, -0.1) is 0 Å². The number of carbonyl (C=O) groups is 4.